The Morgan fingerprint density at radius 1 is 1.39 bits per heavy atom. The third kappa shape index (κ3) is 2.92. The van der Waals surface area contributed by atoms with E-state index in [4.69, 9.17) is 0 Å². The summed E-state index contributed by atoms with van der Waals surface area (Å²) in [4.78, 5) is 22.6. The van der Waals surface area contributed by atoms with Crippen molar-refractivity contribution in [1.82, 2.24) is 16.0 Å². The van der Waals surface area contributed by atoms with Crippen LogP contribution < -0.4 is 16.0 Å². The molecule has 0 aromatic heterocycles. The van der Waals surface area contributed by atoms with Crippen molar-refractivity contribution in [2.24, 2.45) is 5.41 Å². The van der Waals surface area contributed by atoms with Gasteiger partial charge in [-0.3, -0.25) is 9.59 Å². The lowest BCUT2D eigenvalue weighted by atomic mass is 9.85. The van der Waals surface area contributed by atoms with Gasteiger partial charge < -0.3 is 16.0 Å². The normalized spacial score (nSPS) is 23.8. The Balaban J connectivity index is 2.60. The number of amides is 2. The first-order valence-electron chi connectivity index (χ1n) is 5.60. The van der Waals surface area contributed by atoms with Crippen LogP contribution in [0.15, 0.2) is 0 Å². The molecule has 1 fully saturated rings. The highest BCUT2D eigenvalue weighted by molar-refractivity contribution is 5.85. The van der Waals surface area contributed by atoms with Crippen LogP contribution in [0.1, 0.15) is 12.8 Å². The average Bonchev–Trinajstić information content (AvgIpc) is 2.78. The molecule has 0 aliphatic carbocycles. The Labute approximate surface area is 102 Å². The van der Waals surface area contributed by atoms with Crippen molar-refractivity contribution in [3.8, 4) is 0 Å². The van der Waals surface area contributed by atoms with Crippen molar-refractivity contribution in [2.75, 3.05) is 26.7 Å². The van der Waals surface area contributed by atoms with E-state index in [0.29, 0.717) is 0 Å². The van der Waals surface area contributed by atoms with Crippen LogP contribution in [0.5, 0.6) is 0 Å². The minimum atomic E-state index is -4.59. The standard InChI is InChI=1S/C10H16F3N3O2/c1-14-7(17)2-4-16-8(18)9(10(11,12)13)3-5-15-6-9/h15H,2-6H2,1H3,(H,14,17)(H,16,18). The van der Waals surface area contributed by atoms with Gasteiger partial charge in [-0.15, -0.1) is 0 Å². The van der Waals surface area contributed by atoms with E-state index >= 15 is 0 Å². The number of carbonyl (C=O) groups excluding carboxylic acids is 2. The van der Waals surface area contributed by atoms with Crippen LogP contribution in [0.2, 0.25) is 0 Å². The molecular formula is C10H16F3N3O2. The van der Waals surface area contributed by atoms with E-state index < -0.39 is 24.0 Å². The molecule has 1 saturated heterocycles. The monoisotopic (exact) mass is 267 g/mol. The zero-order valence-corrected chi connectivity index (χ0v) is 9.99. The van der Waals surface area contributed by atoms with Crippen LogP contribution in [0.3, 0.4) is 0 Å². The first-order valence-corrected chi connectivity index (χ1v) is 5.60. The summed E-state index contributed by atoms with van der Waals surface area (Å²) in [5, 5.41) is 7.05. The largest absolute Gasteiger partial charge is 0.404 e. The molecule has 2 amide bonds. The molecule has 0 aromatic rings. The highest BCUT2D eigenvalue weighted by atomic mass is 19.4. The first kappa shape index (κ1) is 14.7. The summed E-state index contributed by atoms with van der Waals surface area (Å²) in [7, 11) is 1.42. The Kier molecular flexibility index (Phi) is 4.55. The molecule has 1 atom stereocenters. The summed E-state index contributed by atoms with van der Waals surface area (Å²) in [6, 6.07) is 0. The Hall–Kier alpha value is -1.31. The Morgan fingerprint density at radius 3 is 2.50 bits per heavy atom. The van der Waals surface area contributed by atoms with Gasteiger partial charge in [0.2, 0.25) is 11.8 Å². The number of halogens is 3. The van der Waals surface area contributed by atoms with Gasteiger partial charge in [-0.05, 0) is 13.0 Å². The Bertz CT molecular complexity index is 325. The predicted octanol–water partition coefficient (Wildman–Crippen LogP) is -0.219. The minimum absolute atomic E-state index is 0.0381. The van der Waals surface area contributed by atoms with E-state index in [-0.39, 0.29) is 31.8 Å². The molecule has 0 bridgehead atoms. The predicted molar refractivity (Wildman–Crippen MR) is 57.7 cm³/mol. The molecule has 0 aromatic carbocycles. The maximum atomic E-state index is 12.9. The summed E-state index contributed by atoms with van der Waals surface area (Å²) in [6.07, 6.45) is -4.90. The number of carbonyl (C=O) groups is 2. The van der Waals surface area contributed by atoms with E-state index in [0.717, 1.165) is 0 Å². The zero-order chi connectivity index (χ0) is 13.8. The topological polar surface area (TPSA) is 70.2 Å². The van der Waals surface area contributed by atoms with E-state index in [2.05, 4.69) is 16.0 Å². The highest BCUT2D eigenvalue weighted by Crippen LogP contribution is 2.43. The summed E-state index contributed by atoms with van der Waals surface area (Å²) in [5.74, 6) is -1.40. The van der Waals surface area contributed by atoms with Gasteiger partial charge >= 0.3 is 6.18 Å². The molecule has 1 rings (SSSR count). The molecule has 0 spiro atoms. The lowest BCUT2D eigenvalue weighted by Crippen LogP contribution is -2.52. The van der Waals surface area contributed by atoms with Crippen LogP contribution in [-0.4, -0.2) is 44.7 Å². The molecule has 1 unspecified atom stereocenters. The summed E-state index contributed by atoms with van der Waals surface area (Å²) < 4.78 is 38.8. The fourth-order valence-corrected chi connectivity index (χ4v) is 1.84. The lowest BCUT2D eigenvalue weighted by molar-refractivity contribution is -0.215. The second-order valence-corrected chi connectivity index (χ2v) is 4.19. The van der Waals surface area contributed by atoms with E-state index in [1.807, 2.05) is 0 Å². The maximum absolute atomic E-state index is 12.9. The molecule has 8 heteroatoms. The molecule has 1 aliphatic rings. The summed E-state index contributed by atoms with van der Waals surface area (Å²) in [5.41, 5.74) is -2.37. The third-order valence-corrected chi connectivity index (χ3v) is 3.05. The van der Waals surface area contributed by atoms with E-state index in [1.165, 1.54) is 7.05 Å². The van der Waals surface area contributed by atoms with Gasteiger partial charge in [-0.25, -0.2) is 0 Å². The second kappa shape index (κ2) is 5.55. The molecule has 3 N–H and O–H groups in total. The second-order valence-electron chi connectivity index (χ2n) is 4.19. The van der Waals surface area contributed by atoms with E-state index in [1.54, 1.807) is 0 Å². The van der Waals surface area contributed by atoms with Crippen molar-refractivity contribution >= 4 is 11.8 Å². The number of rotatable bonds is 4. The van der Waals surface area contributed by atoms with Gasteiger partial charge in [0.25, 0.3) is 0 Å². The van der Waals surface area contributed by atoms with Crippen LogP contribution in [0.4, 0.5) is 13.2 Å². The van der Waals surface area contributed by atoms with E-state index in [9.17, 15) is 22.8 Å². The van der Waals surface area contributed by atoms with Crippen molar-refractivity contribution < 1.29 is 22.8 Å². The molecule has 0 radical (unpaired) electrons. The van der Waals surface area contributed by atoms with Gasteiger partial charge in [0.15, 0.2) is 5.41 Å². The number of hydrogen-bond donors (Lipinski definition) is 3. The van der Waals surface area contributed by atoms with Crippen LogP contribution >= 0.6 is 0 Å². The van der Waals surface area contributed by atoms with Gasteiger partial charge in [-0.1, -0.05) is 0 Å². The number of hydrogen-bond acceptors (Lipinski definition) is 3. The molecule has 18 heavy (non-hydrogen) atoms. The van der Waals surface area contributed by atoms with Crippen LogP contribution in [-0.2, 0) is 9.59 Å². The van der Waals surface area contributed by atoms with Crippen molar-refractivity contribution in [2.45, 2.75) is 19.0 Å². The third-order valence-electron chi connectivity index (χ3n) is 3.05. The van der Waals surface area contributed by atoms with Crippen LogP contribution in [0, 0.1) is 5.41 Å². The maximum Gasteiger partial charge on any atom is 0.404 e. The van der Waals surface area contributed by atoms with Crippen molar-refractivity contribution in [1.29, 1.82) is 0 Å². The molecule has 5 nitrogen and oxygen atoms in total. The van der Waals surface area contributed by atoms with Crippen LogP contribution in [0.25, 0.3) is 0 Å². The molecular weight excluding hydrogens is 251 g/mol. The number of alkyl halides is 3. The SMILES string of the molecule is CNC(=O)CCNC(=O)C1(C(F)(F)F)CCNC1. The Morgan fingerprint density at radius 2 is 2.06 bits per heavy atom. The van der Waals surface area contributed by atoms with Gasteiger partial charge in [0.1, 0.15) is 0 Å². The van der Waals surface area contributed by atoms with Gasteiger partial charge in [0, 0.05) is 26.6 Å². The molecule has 104 valence electrons. The highest BCUT2D eigenvalue weighted by Gasteiger charge is 2.61. The molecule has 0 saturated carbocycles. The minimum Gasteiger partial charge on any atom is -0.359 e. The quantitative estimate of drug-likeness (QED) is 0.659. The van der Waals surface area contributed by atoms with Gasteiger partial charge in [0.05, 0.1) is 0 Å². The number of nitrogens with one attached hydrogen (secondary N) is 3. The van der Waals surface area contributed by atoms with Crippen molar-refractivity contribution in [3.05, 3.63) is 0 Å². The molecule has 1 heterocycles. The summed E-state index contributed by atoms with van der Waals surface area (Å²) in [6.45, 7) is -0.360. The van der Waals surface area contributed by atoms with Crippen molar-refractivity contribution in [3.63, 3.8) is 0 Å². The fourth-order valence-electron chi connectivity index (χ4n) is 1.84. The lowest BCUT2D eigenvalue weighted by Gasteiger charge is -2.29. The first-order chi connectivity index (χ1) is 8.33. The fraction of sp³-hybridized carbons (Fsp3) is 0.800. The zero-order valence-electron chi connectivity index (χ0n) is 9.99. The van der Waals surface area contributed by atoms with Gasteiger partial charge in [-0.2, -0.15) is 13.2 Å². The molecule has 1 aliphatic heterocycles. The average molecular weight is 267 g/mol. The smallest absolute Gasteiger partial charge is 0.359 e. The summed E-state index contributed by atoms with van der Waals surface area (Å²) >= 11 is 0.